The lowest BCUT2D eigenvalue weighted by molar-refractivity contribution is -0.383. The van der Waals surface area contributed by atoms with Crippen LogP contribution in [-0.4, -0.2) is 24.1 Å². The zero-order valence-electron chi connectivity index (χ0n) is 13.0. The maximum atomic E-state index is 12.0. The molecule has 9 heteroatoms. The molecule has 0 heterocycles. The number of nitro benzene ring substituents is 1. The van der Waals surface area contributed by atoms with Crippen molar-refractivity contribution in [3.8, 4) is 0 Å². The SMILES string of the molecule is COC(=O)c1c(Cl)ccc([N+](=O)[O-])c1NC(=O)OCc1ccccc1. The maximum Gasteiger partial charge on any atom is 0.412 e. The average molecular weight is 365 g/mol. The van der Waals surface area contributed by atoms with Crippen molar-refractivity contribution in [3.05, 3.63) is 68.7 Å². The number of nitrogens with one attached hydrogen (secondary N) is 1. The van der Waals surface area contributed by atoms with Crippen LogP contribution in [0.1, 0.15) is 15.9 Å². The fourth-order valence-corrected chi connectivity index (χ4v) is 2.24. The summed E-state index contributed by atoms with van der Waals surface area (Å²) in [6.45, 7) is -0.0470. The third-order valence-electron chi connectivity index (χ3n) is 3.16. The number of carbonyl (C=O) groups is 2. The van der Waals surface area contributed by atoms with Gasteiger partial charge in [0.25, 0.3) is 5.69 Å². The second kappa shape index (κ2) is 8.11. The Bertz CT molecular complexity index is 810. The molecule has 2 rings (SSSR count). The number of nitro groups is 1. The van der Waals surface area contributed by atoms with Crippen molar-refractivity contribution in [3.63, 3.8) is 0 Å². The van der Waals surface area contributed by atoms with Crippen LogP contribution >= 0.6 is 11.6 Å². The minimum Gasteiger partial charge on any atom is -0.465 e. The molecular weight excluding hydrogens is 352 g/mol. The van der Waals surface area contributed by atoms with E-state index in [0.29, 0.717) is 0 Å². The highest BCUT2D eigenvalue weighted by molar-refractivity contribution is 6.34. The van der Waals surface area contributed by atoms with Crippen LogP contribution in [0.25, 0.3) is 0 Å². The molecule has 0 atom stereocenters. The molecule has 0 aromatic heterocycles. The van der Waals surface area contributed by atoms with E-state index in [-0.39, 0.29) is 22.9 Å². The Hall–Kier alpha value is -3.13. The van der Waals surface area contributed by atoms with Gasteiger partial charge in [0.1, 0.15) is 17.9 Å². The Kier molecular flexibility index (Phi) is 5.91. The van der Waals surface area contributed by atoms with Crippen LogP contribution in [0.2, 0.25) is 5.02 Å². The minimum absolute atomic E-state index is 0.0470. The molecule has 8 nitrogen and oxygen atoms in total. The molecule has 0 unspecified atom stereocenters. The number of ether oxygens (including phenoxy) is 2. The third kappa shape index (κ3) is 4.45. The highest BCUT2D eigenvalue weighted by Crippen LogP contribution is 2.34. The summed E-state index contributed by atoms with van der Waals surface area (Å²) in [7, 11) is 1.09. The van der Waals surface area contributed by atoms with Crippen LogP contribution in [0.5, 0.6) is 0 Å². The Morgan fingerprint density at radius 1 is 1.20 bits per heavy atom. The molecule has 0 fully saturated rings. The van der Waals surface area contributed by atoms with Gasteiger partial charge in [0.15, 0.2) is 0 Å². The summed E-state index contributed by atoms with van der Waals surface area (Å²) in [6.07, 6.45) is -0.973. The first-order valence-electron chi connectivity index (χ1n) is 6.97. The number of hydrogen-bond acceptors (Lipinski definition) is 6. The van der Waals surface area contributed by atoms with Gasteiger partial charge in [0.05, 0.1) is 17.1 Å². The summed E-state index contributed by atoms with van der Waals surface area (Å²) in [5.41, 5.74) is -0.495. The lowest BCUT2D eigenvalue weighted by Gasteiger charge is -2.12. The van der Waals surface area contributed by atoms with Gasteiger partial charge in [-0.15, -0.1) is 0 Å². The van der Waals surface area contributed by atoms with Crippen LogP contribution in [0.4, 0.5) is 16.2 Å². The van der Waals surface area contributed by atoms with Crippen molar-refractivity contribution in [2.45, 2.75) is 6.61 Å². The fraction of sp³-hybridized carbons (Fsp3) is 0.125. The Morgan fingerprint density at radius 3 is 2.48 bits per heavy atom. The first kappa shape index (κ1) is 18.2. The number of carbonyl (C=O) groups excluding carboxylic acids is 2. The predicted molar refractivity (Wildman–Crippen MR) is 89.7 cm³/mol. The van der Waals surface area contributed by atoms with Gasteiger partial charge >= 0.3 is 12.1 Å². The van der Waals surface area contributed by atoms with Gasteiger partial charge < -0.3 is 9.47 Å². The van der Waals surface area contributed by atoms with E-state index in [1.165, 1.54) is 6.07 Å². The van der Waals surface area contributed by atoms with Crippen LogP contribution in [0.3, 0.4) is 0 Å². The Labute approximate surface area is 147 Å². The van der Waals surface area contributed by atoms with E-state index in [1.807, 2.05) is 6.07 Å². The highest BCUT2D eigenvalue weighted by Gasteiger charge is 2.27. The number of esters is 1. The summed E-state index contributed by atoms with van der Waals surface area (Å²) < 4.78 is 9.57. The van der Waals surface area contributed by atoms with E-state index in [2.05, 4.69) is 10.1 Å². The molecule has 0 aliphatic carbocycles. The molecule has 0 saturated carbocycles. The van der Waals surface area contributed by atoms with Gasteiger partial charge in [-0.25, -0.2) is 9.59 Å². The minimum atomic E-state index is -0.973. The number of benzene rings is 2. The first-order chi connectivity index (χ1) is 11.9. The zero-order chi connectivity index (χ0) is 18.4. The zero-order valence-corrected chi connectivity index (χ0v) is 13.8. The van der Waals surface area contributed by atoms with Gasteiger partial charge in [-0.05, 0) is 11.6 Å². The molecule has 130 valence electrons. The summed E-state index contributed by atoms with van der Waals surface area (Å²) in [6, 6.07) is 11.1. The topological polar surface area (TPSA) is 108 Å². The number of amides is 1. The van der Waals surface area contributed by atoms with Crippen molar-refractivity contribution in [2.24, 2.45) is 0 Å². The molecule has 25 heavy (non-hydrogen) atoms. The quantitative estimate of drug-likeness (QED) is 0.491. The van der Waals surface area contributed by atoms with Crippen molar-refractivity contribution < 1.29 is 24.0 Å². The molecule has 0 aliphatic rings. The number of anilines is 1. The molecule has 0 aliphatic heterocycles. The molecule has 0 radical (unpaired) electrons. The standard InChI is InChI=1S/C16H13ClN2O6/c1-24-15(20)13-11(17)7-8-12(19(22)23)14(13)18-16(21)25-9-10-5-3-2-4-6-10/h2-8H,9H2,1H3,(H,18,21). The highest BCUT2D eigenvalue weighted by atomic mass is 35.5. The van der Waals surface area contributed by atoms with Crippen molar-refractivity contribution in [1.82, 2.24) is 0 Å². The lowest BCUT2D eigenvalue weighted by Crippen LogP contribution is -2.18. The van der Waals surface area contributed by atoms with Crippen LogP contribution in [0.15, 0.2) is 42.5 Å². The summed E-state index contributed by atoms with van der Waals surface area (Å²) in [5, 5.41) is 13.3. The predicted octanol–water partition coefficient (Wildman–Crippen LogP) is 3.78. The van der Waals surface area contributed by atoms with Gasteiger partial charge in [-0.3, -0.25) is 15.4 Å². The number of nitrogens with zero attached hydrogens (tertiary/aromatic N) is 1. The molecule has 1 N–H and O–H groups in total. The van der Waals surface area contributed by atoms with Crippen molar-refractivity contribution in [1.29, 1.82) is 0 Å². The van der Waals surface area contributed by atoms with Crippen molar-refractivity contribution >= 4 is 35.0 Å². The van der Waals surface area contributed by atoms with E-state index in [4.69, 9.17) is 16.3 Å². The van der Waals surface area contributed by atoms with Gasteiger partial charge in [0.2, 0.25) is 0 Å². The van der Waals surface area contributed by atoms with Crippen LogP contribution in [-0.2, 0) is 16.1 Å². The normalized spacial score (nSPS) is 10.0. The summed E-state index contributed by atoms with van der Waals surface area (Å²) in [5.74, 6) is -0.924. The number of halogens is 1. The number of methoxy groups -OCH3 is 1. The third-order valence-corrected chi connectivity index (χ3v) is 3.47. The number of rotatable bonds is 5. The average Bonchev–Trinajstić information content (AvgIpc) is 2.60. The largest absolute Gasteiger partial charge is 0.465 e. The van der Waals surface area contributed by atoms with Gasteiger partial charge in [-0.1, -0.05) is 41.9 Å². The molecule has 0 bridgehead atoms. The Balaban J connectivity index is 2.27. The second-order valence-electron chi connectivity index (χ2n) is 4.75. The summed E-state index contributed by atoms with van der Waals surface area (Å²) in [4.78, 5) is 34.3. The molecule has 1 amide bonds. The van der Waals surface area contributed by atoms with E-state index >= 15 is 0 Å². The molecule has 0 saturated heterocycles. The Morgan fingerprint density at radius 2 is 1.88 bits per heavy atom. The molecule has 2 aromatic carbocycles. The second-order valence-corrected chi connectivity index (χ2v) is 5.16. The molecule has 2 aromatic rings. The van der Waals surface area contributed by atoms with E-state index in [9.17, 15) is 19.7 Å². The molecule has 0 spiro atoms. The monoisotopic (exact) mass is 364 g/mol. The fourth-order valence-electron chi connectivity index (χ4n) is 2.01. The van der Waals surface area contributed by atoms with Gasteiger partial charge in [-0.2, -0.15) is 0 Å². The van der Waals surface area contributed by atoms with Crippen molar-refractivity contribution in [2.75, 3.05) is 12.4 Å². The smallest absolute Gasteiger partial charge is 0.412 e. The van der Waals surface area contributed by atoms with E-state index in [0.717, 1.165) is 18.7 Å². The first-order valence-corrected chi connectivity index (χ1v) is 7.34. The maximum absolute atomic E-state index is 12.0. The lowest BCUT2D eigenvalue weighted by atomic mass is 10.1. The summed E-state index contributed by atoms with van der Waals surface area (Å²) >= 11 is 5.92. The number of hydrogen-bond donors (Lipinski definition) is 1. The van der Waals surface area contributed by atoms with Crippen LogP contribution < -0.4 is 5.32 Å². The van der Waals surface area contributed by atoms with E-state index in [1.54, 1.807) is 24.3 Å². The van der Waals surface area contributed by atoms with Gasteiger partial charge in [0, 0.05) is 6.07 Å². The molecular formula is C16H13ClN2O6. The van der Waals surface area contributed by atoms with Crippen LogP contribution in [0, 0.1) is 10.1 Å². The van der Waals surface area contributed by atoms with E-state index < -0.39 is 22.7 Å².